The minimum Gasteiger partial charge on any atom is -0.492 e. The summed E-state index contributed by atoms with van der Waals surface area (Å²) >= 11 is 11.7. The Labute approximate surface area is 224 Å². The van der Waals surface area contributed by atoms with Crippen LogP contribution in [0.25, 0.3) is 10.4 Å². The van der Waals surface area contributed by atoms with Crippen molar-refractivity contribution in [3.8, 4) is 5.75 Å². The van der Waals surface area contributed by atoms with Crippen molar-refractivity contribution in [2.75, 3.05) is 44.3 Å². The maximum Gasteiger partial charge on any atom is 0.264 e. The van der Waals surface area contributed by atoms with E-state index < -0.39 is 22.3 Å². The molecule has 0 amide bonds. The molecule has 2 aliphatic carbocycles. The Bertz CT molecular complexity index is 1390. The summed E-state index contributed by atoms with van der Waals surface area (Å²) in [5, 5.41) is 3.80. The van der Waals surface area contributed by atoms with Crippen molar-refractivity contribution in [2.45, 2.75) is 18.6 Å². The number of benzene rings is 2. The summed E-state index contributed by atoms with van der Waals surface area (Å²) in [7, 11) is -3.93. The Morgan fingerprint density at radius 1 is 1.08 bits per heavy atom. The van der Waals surface area contributed by atoms with Crippen LogP contribution < -0.4 is 4.74 Å². The van der Waals surface area contributed by atoms with Crippen LogP contribution in [0.3, 0.4) is 0 Å². The number of nitrogens with zero attached hydrogens (tertiary/aromatic N) is 4. The maximum atomic E-state index is 13.5. The molecule has 13 heteroatoms. The Morgan fingerprint density at radius 3 is 2.32 bits per heavy atom. The lowest BCUT2D eigenvalue weighted by Gasteiger charge is -2.24. The fraction of sp³-hybridized carbons (Fsp3) is 0.417. The van der Waals surface area contributed by atoms with E-state index in [0.29, 0.717) is 42.5 Å². The highest BCUT2D eigenvalue weighted by Gasteiger charge is 2.43. The molecule has 0 radical (unpaired) electrons. The van der Waals surface area contributed by atoms with Gasteiger partial charge in [0.2, 0.25) is 0 Å². The molecule has 0 saturated heterocycles. The standard InChI is InChI=1S/C24H24Cl2N4O6S/c1-37(33,34)36-19-12-16-20-17(23(31)14-4-2-3-5-15(14)24(20)32)13-18(21(16)22(19)28-29-27)35-11-10-30(8-6-25)9-7-26/h2-5,13,19,22H,6-12H2,1H3. The minimum atomic E-state index is -3.93. The van der Waals surface area contributed by atoms with Gasteiger partial charge in [-0.15, -0.1) is 23.2 Å². The van der Waals surface area contributed by atoms with Gasteiger partial charge in [0, 0.05) is 70.5 Å². The first-order valence-electron chi connectivity index (χ1n) is 11.5. The molecular weight excluding hydrogens is 543 g/mol. The van der Waals surface area contributed by atoms with Crippen LogP contribution in [-0.4, -0.2) is 75.2 Å². The molecule has 2 aromatic rings. The first kappa shape index (κ1) is 27.4. The van der Waals surface area contributed by atoms with E-state index in [1.807, 2.05) is 4.90 Å². The number of hydrogen-bond acceptors (Lipinski definition) is 8. The summed E-state index contributed by atoms with van der Waals surface area (Å²) in [5.41, 5.74) is 10.8. The number of halogens is 2. The van der Waals surface area contributed by atoms with Crippen LogP contribution in [0.1, 0.15) is 49.0 Å². The summed E-state index contributed by atoms with van der Waals surface area (Å²) in [5.74, 6) is 0.317. The molecule has 0 saturated carbocycles. The minimum absolute atomic E-state index is 0.0581. The van der Waals surface area contributed by atoms with E-state index in [2.05, 4.69) is 10.0 Å². The zero-order valence-corrected chi connectivity index (χ0v) is 22.2. The number of carbonyl (C=O) groups excluding carboxylic acids is 2. The fourth-order valence-electron chi connectivity index (χ4n) is 4.84. The van der Waals surface area contributed by atoms with Crippen molar-refractivity contribution >= 4 is 44.9 Å². The molecule has 10 nitrogen and oxygen atoms in total. The van der Waals surface area contributed by atoms with E-state index in [4.69, 9.17) is 32.1 Å². The zero-order chi connectivity index (χ0) is 26.7. The van der Waals surface area contributed by atoms with Crippen LogP contribution in [0.4, 0.5) is 0 Å². The van der Waals surface area contributed by atoms with Gasteiger partial charge in [-0.05, 0) is 17.2 Å². The van der Waals surface area contributed by atoms with E-state index in [9.17, 15) is 23.5 Å². The smallest absolute Gasteiger partial charge is 0.264 e. The Morgan fingerprint density at radius 2 is 1.73 bits per heavy atom. The normalized spacial score (nSPS) is 18.3. The third-order valence-electron chi connectivity index (χ3n) is 6.32. The van der Waals surface area contributed by atoms with Crippen LogP contribution in [-0.2, 0) is 20.7 Å². The molecule has 0 aromatic heterocycles. The largest absolute Gasteiger partial charge is 0.492 e. The van der Waals surface area contributed by atoms with E-state index in [1.165, 1.54) is 6.07 Å². The summed E-state index contributed by atoms with van der Waals surface area (Å²) in [4.78, 5) is 31.8. The van der Waals surface area contributed by atoms with Gasteiger partial charge in [0.1, 0.15) is 12.4 Å². The van der Waals surface area contributed by atoms with Crippen molar-refractivity contribution < 1.29 is 26.9 Å². The fourth-order valence-corrected chi connectivity index (χ4v) is 5.94. The molecule has 4 rings (SSSR count). The highest BCUT2D eigenvalue weighted by molar-refractivity contribution is 7.86. The predicted octanol–water partition coefficient (Wildman–Crippen LogP) is 3.87. The molecule has 196 valence electrons. The van der Waals surface area contributed by atoms with Gasteiger partial charge in [-0.25, -0.2) is 0 Å². The summed E-state index contributed by atoms with van der Waals surface area (Å²) in [6.45, 7) is 1.83. The number of fused-ring (bicyclic) bond motifs is 4. The molecule has 2 unspecified atom stereocenters. The average molecular weight is 567 g/mol. The SMILES string of the molecule is CS(=O)(=O)OC1Cc2c3c(cc(OCCN(CCCl)CCCl)c2C1N=[N+]=[N-])C(=O)c1ccccc1C3=O. The lowest BCUT2D eigenvalue weighted by atomic mass is 9.80. The molecule has 0 fully saturated rings. The van der Waals surface area contributed by atoms with Gasteiger partial charge in [-0.1, -0.05) is 29.4 Å². The van der Waals surface area contributed by atoms with Crippen LogP contribution in [0.2, 0.25) is 0 Å². The molecule has 2 aromatic carbocycles. The van der Waals surface area contributed by atoms with Crippen LogP contribution >= 0.6 is 23.2 Å². The third-order valence-corrected chi connectivity index (χ3v) is 7.25. The first-order chi connectivity index (χ1) is 17.7. The topological polar surface area (TPSA) is 139 Å². The van der Waals surface area contributed by atoms with Crippen molar-refractivity contribution in [1.82, 2.24) is 4.90 Å². The van der Waals surface area contributed by atoms with Crippen molar-refractivity contribution in [3.05, 3.63) is 74.2 Å². The Balaban J connectivity index is 1.82. The van der Waals surface area contributed by atoms with Crippen molar-refractivity contribution in [2.24, 2.45) is 5.11 Å². The molecule has 37 heavy (non-hydrogen) atoms. The van der Waals surface area contributed by atoms with Crippen LogP contribution in [0.5, 0.6) is 5.75 Å². The molecule has 2 atom stereocenters. The van der Waals surface area contributed by atoms with Gasteiger partial charge >= 0.3 is 0 Å². The van der Waals surface area contributed by atoms with Crippen molar-refractivity contribution in [1.29, 1.82) is 0 Å². The van der Waals surface area contributed by atoms with Crippen LogP contribution in [0, 0.1) is 0 Å². The summed E-state index contributed by atoms with van der Waals surface area (Å²) in [6, 6.07) is 6.88. The second-order valence-electron chi connectivity index (χ2n) is 8.65. The number of ketones is 2. The van der Waals surface area contributed by atoms with E-state index >= 15 is 0 Å². The second-order valence-corrected chi connectivity index (χ2v) is 11.0. The molecule has 0 heterocycles. The lowest BCUT2D eigenvalue weighted by Crippen LogP contribution is -2.32. The zero-order valence-electron chi connectivity index (χ0n) is 19.9. The summed E-state index contributed by atoms with van der Waals surface area (Å²) in [6.07, 6.45) is -0.264. The summed E-state index contributed by atoms with van der Waals surface area (Å²) < 4.78 is 35.3. The predicted molar refractivity (Wildman–Crippen MR) is 138 cm³/mol. The van der Waals surface area contributed by atoms with E-state index in [-0.39, 0.29) is 52.6 Å². The average Bonchev–Trinajstić information content (AvgIpc) is 3.19. The number of alkyl halides is 2. The maximum absolute atomic E-state index is 13.5. The molecule has 0 spiro atoms. The monoisotopic (exact) mass is 566 g/mol. The van der Waals surface area contributed by atoms with Gasteiger partial charge in [0.15, 0.2) is 11.6 Å². The molecule has 0 bridgehead atoms. The molecule has 0 N–H and O–H groups in total. The quantitative estimate of drug-likeness (QED) is 0.113. The molecule has 2 aliphatic rings. The van der Waals surface area contributed by atoms with E-state index in [1.54, 1.807) is 24.3 Å². The third kappa shape index (κ3) is 5.62. The van der Waals surface area contributed by atoms with Gasteiger partial charge in [-0.3, -0.25) is 18.7 Å². The van der Waals surface area contributed by atoms with Crippen LogP contribution in [0.15, 0.2) is 35.4 Å². The van der Waals surface area contributed by atoms with Gasteiger partial charge in [0.25, 0.3) is 10.1 Å². The first-order valence-corrected chi connectivity index (χ1v) is 14.4. The van der Waals surface area contributed by atoms with Crippen molar-refractivity contribution in [3.63, 3.8) is 0 Å². The number of carbonyl (C=O) groups is 2. The van der Waals surface area contributed by atoms with Gasteiger partial charge in [0.05, 0.1) is 18.4 Å². The number of azide groups is 1. The molecular formula is C24H24Cl2N4O6S. The van der Waals surface area contributed by atoms with E-state index in [0.717, 1.165) is 6.26 Å². The second kappa shape index (κ2) is 11.4. The highest BCUT2D eigenvalue weighted by atomic mass is 35.5. The van der Waals surface area contributed by atoms with Gasteiger partial charge < -0.3 is 4.74 Å². The number of ether oxygens (including phenoxy) is 1. The lowest BCUT2D eigenvalue weighted by molar-refractivity contribution is 0.0977. The Kier molecular flexibility index (Phi) is 8.42. The van der Waals surface area contributed by atoms with Gasteiger partial charge in [-0.2, -0.15) is 8.42 Å². The Hall–Kier alpha value is -2.66. The number of hydrogen-bond donors (Lipinski definition) is 0. The highest BCUT2D eigenvalue weighted by Crippen LogP contribution is 2.47. The number of rotatable bonds is 11. The molecule has 0 aliphatic heterocycles.